The van der Waals surface area contributed by atoms with Crippen molar-refractivity contribution in [3.05, 3.63) is 115 Å². The van der Waals surface area contributed by atoms with Crippen LogP contribution in [0.15, 0.2) is 103 Å². The molecule has 4 heteroatoms. The van der Waals surface area contributed by atoms with Crippen LogP contribution in [-0.2, 0) is 0 Å². The maximum atomic E-state index is 6.23. The Bertz CT molecular complexity index is 1420. The molecule has 0 fully saturated rings. The topological polar surface area (TPSA) is 34.6 Å². The molecule has 0 bridgehead atoms. The quantitative estimate of drug-likeness (QED) is 0.278. The first-order chi connectivity index (χ1) is 16.7. The highest BCUT2D eigenvalue weighted by Gasteiger charge is 2.22. The summed E-state index contributed by atoms with van der Waals surface area (Å²) in [6.07, 6.45) is 12.6. The Hall–Kier alpha value is -4.31. The first-order valence-electron chi connectivity index (χ1n) is 11.5. The molecule has 1 aromatic heterocycles. The van der Waals surface area contributed by atoms with Crippen molar-refractivity contribution in [2.45, 2.75) is 19.8 Å². The Balaban J connectivity index is 1.43. The minimum atomic E-state index is 0.692. The Kier molecular flexibility index (Phi) is 5.11. The number of hydrogen-bond donors (Lipinski definition) is 0. The van der Waals surface area contributed by atoms with Crippen molar-refractivity contribution in [2.24, 2.45) is 0 Å². The van der Waals surface area contributed by atoms with Gasteiger partial charge in [0.15, 0.2) is 23.0 Å². The summed E-state index contributed by atoms with van der Waals surface area (Å²) in [7, 11) is 0. The lowest BCUT2D eigenvalue weighted by Gasteiger charge is -2.28. The van der Waals surface area contributed by atoms with Crippen molar-refractivity contribution >= 4 is 22.6 Å². The molecule has 0 radical (unpaired) electrons. The molecule has 4 aromatic rings. The highest BCUT2D eigenvalue weighted by Crippen LogP contribution is 2.48. The second-order valence-corrected chi connectivity index (χ2v) is 8.52. The van der Waals surface area contributed by atoms with Crippen molar-refractivity contribution in [2.75, 3.05) is 4.90 Å². The maximum absolute atomic E-state index is 6.23. The summed E-state index contributed by atoms with van der Waals surface area (Å²) in [5.74, 6) is 2.86. The molecule has 0 atom stereocenters. The molecule has 6 rings (SSSR count). The molecule has 34 heavy (non-hydrogen) atoms. The van der Waals surface area contributed by atoms with Gasteiger partial charge in [-0.2, -0.15) is 0 Å². The third-order valence-electron chi connectivity index (χ3n) is 6.06. The highest BCUT2D eigenvalue weighted by molar-refractivity contribution is 5.82. The van der Waals surface area contributed by atoms with Crippen LogP contribution in [0.4, 0.5) is 17.1 Å². The van der Waals surface area contributed by atoms with Crippen LogP contribution < -0.4 is 14.4 Å². The van der Waals surface area contributed by atoms with Gasteiger partial charge in [0.1, 0.15) is 0 Å². The third-order valence-corrected chi connectivity index (χ3v) is 6.06. The van der Waals surface area contributed by atoms with E-state index in [0.29, 0.717) is 11.5 Å². The zero-order valence-electron chi connectivity index (χ0n) is 18.9. The summed E-state index contributed by atoms with van der Waals surface area (Å²) in [5.41, 5.74) is 6.58. The Morgan fingerprint density at radius 2 is 1.53 bits per heavy atom. The third kappa shape index (κ3) is 3.84. The predicted molar refractivity (Wildman–Crippen MR) is 137 cm³/mol. The zero-order chi connectivity index (χ0) is 22.9. The smallest absolute Gasteiger partial charge is 0.172 e. The monoisotopic (exact) mass is 444 g/mol. The first-order valence-corrected chi connectivity index (χ1v) is 11.5. The lowest BCUT2D eigenvalue weighted by Crippen LogP contribution is -2.11. The van der Waals surface area contributed by atoms with E-state index in [1.165, 1.54) is 11.1 Å². The highest BCUT2D eigenvalue weighted by atomic mass is 16.6. The summed E-state index contributed by atoms with van der Waals surface area (Å²) < 4.78 is 12.4. The van der Waals surface area contributed by atoms with Crippen LogP contribution in [0.3, 0.4) is 0 Å². The Labute approximate surface area is 199 Å². The number of hydrogen-bond acceptors (Lipinski definition) is 4. The van der Waals surface area contributed by atoms with Crippen molar-refractivity contribution in [1.82, 2.24) is 4.98 Å². The van der Waals surface area contributed by atoms with E-state index >= 15 is 0 Å². The summed E-state index contributed by atoms with van der Waals surface area (Å²) in [6.45, 7) is 2.04. The van der Waals surface area contributed by atoms with Crippen molar-refractivity contribution in [3.8, 4) is 23.0 Å². The lowest BCUT2D eigenvalue weighted by atomic mass is 9.99. The number of ether oxygens (including phenoxy) is 2. The molecule has 4 nitrogen and oxygen atoms in total. The van der Waals surface area contributed by atoms with Crippen LogP contribution in [0.1, 0.15) is 24.0 Å². The van der Waals surface area contributed by atoms with Crippen LogP contribution in [0.5, 0.6) is 23.0 Å². The van der Waals surface area contributed by atoms with Crippen molar-refractivity contribution in [1.29, 1.82) is 0 Å². The number of aromatic nitrogens is 1. The van der Waals surface area contributed by atoms with E-state index < -0.39 is 0 Å². The van der Waals surface area contributed by atoms with Crippen LogP contribution in [0.25, 0.3) is 5.57 Å². The molecule has 166 valence electrons. The standard InChI is InChI=1S/C30H24N2O2/c1-21-12-14-27-29(17-21)33-28-15-13-25(19-30(28)34-27)32(26-11-6-16-31-20-26)24-10-5-9-23(18-24)22-7-3-2-4-8-22/h3,5-20H,2,4H2,1H3. The number of aryl methyl sites for hydroxylation is 1. The van der Waals surface area contributed by atoms with Crippen LogP contribution in [-0.4, -0.2) is 4.98 Å². The first kappa shape index (κ1) is 20.3. The predicted octanol–water partition coefficient (Wildman–Crippen LogP) is 8.49. The molecular formula is C30H24N2O2. The van der Waals surface area contributed by atoms with Gasteiger partial charge in [0.2, 0.25) is 0 Å². The van der Waals surface area contributed by atoms with Gasteiger partial charge in [-0.15, -0.1) is 0 Å². The SMILES string of the molecule is Cc1ccc2c(c1)Oc1ccc(N(c3cccnc3)c3cccc(C4=CCCC=C4)c3)cc1O2. The van der Waals surface area contributed by atoms with Gasteiger partial charge in [0.25, 0.3) is 0 Å². The number of allylic oxidation sites excluding steroid dienone is 4. The number of pyridine rings is 1. The molecule has 1 aliphatic heterocycles. The second kappa shape index (κ2) is 8.56. The molecule has 0 N–H and O–H groups in total. The average molecular weight is 445 g/mol. The Morgan fingerprint density at radius 1 is 0.735 bits per heavy atom. The normalized spacial score (nSPS) is 13.7. The van der Waals surface area contributed by atoms with Gasteiger partial charge in [-0.1, -0.05) is 36.4 Å². The number of nitrogens with zero attached hydrogens (tertiary/aromatic N) is 2. The van der Waals surface area contributed by atoms with Gasteiger partial charge in [0, 0.05) is 18.0 Å². The summed E-state index contributed by atoms with van der Waals surface area (Å²) in [6, 6.07) is 24.7. The molecule has 0 saturated carbocycles. The van der Waals surface area contributed by atoms with Crippen LogP contribution in [0.2, 0.25) is 0 Å². The number of fused-ring (bicyclic) bond motifs is 2. The molecule has 2 heterocycles. The van der Waals surface area contributed by atoms with Gasteiger partial charge in [-0.25, -0.2) is 0 Å². The fourth-order valence-electron chi connectivity index (χ4n) is 4.40. The molecule has 2 aliphatic rings. The number of benzene rings is 3. The fraction of sp³-hybridized carbons (Fsp3) is 0.100. The summed E-state index contributed by atoms with van der Waals surface area (Å²) >= 11 is 0. The molecule has 3 aromatic carbocycles. The van der Waals surface area contributed by atoms with Crippen LogP contribution in [0, 0.1) is 6.92 Å². The average Bonchev–Trinajstić information content (AvgIpc) is 2.89. The number of rotatable bonds is 4. The summed E-state index contributed by atoms with van der Waals surface area (Å²) in [4.78, 5) is 6.57. The number of anilines is 3. The molecule has 1 aliphatic carbocycles. The Morgan fingerprint density at radius 3 is 2.32 bits per heavy atom. The van der Waals surface area contributed by atoms with Crippen molar-refractivity contribution < 1.29 is 9.47 Å². The van der Waals surface area contributed by atoms with Gasteiger partial charge < -0.3 is 14.4 Å². The zero-order valence-corrected chi connectivity index (χ0v) is 18.9. The van der Waals surface area contributed by atoms with E-state index in [2.05, 4.69) is 64.5 Å². The van der Waals surface area contributed by atoms with E-state index in [9.17, 15) is 0 Å². The largest absolute Gasteiger partial charge is 0.450 e. The fourth-order valence-corrected chi connectivity index (χ4v) is 4.40. The molecule has 0 amide bonds. The van der Waals surface area contributed by atoms with Gasteiger partial charge in [-0.3, -0.25) is 4.98 Å². The maximum Gasteiger partial charge on any atom is 0.172 e. The van der Waals surface area contributed by atoms with E-state index in [1.54, 1.807) is 6.20 Å². The molecular weight excluding hydrogens is 420 g/mol. The molecule has 0 saturated heterocycles. The van der Waals surface area contributed by atoms with Gasteiger partial charge in [-0.05, 0) is 85.0 Å². The lowest BCUT2D eigenvalue weighted by molar-refractivity contribution is 0.359. The molecule has 0 spiro atoms. The van der Waals surface area contributed by atoms with Crippen LogP contribution >= 0.6 is 0 Å². The van der Waals surface area contributed by atoms with Crippen molar-refractivity contribution in [3.63, 3.8) is 0 Å². The van der Waals surface area contributed by atoms with Gasteiger partial charge >= 0.3 is 0 Å². The van der Waals surface area contributed by atoms with E-state index in [0.717, 1.165) is 47.0 Å². The van der Waals surface area contributed by atoms with E-state index in [4.69, 9.17) is 9.47 Å². The summed E-state index contributed by atoms with van der Waals surface area (Å²) in [5, 5.41) is 0. The minimum absolute atomic E-state index is 0.692. The van der Waals surface area contributed by atoms with E-state index in [1.807, 2.05) is 49.5 Å². The minimum Gasteiger partial charge on any atom is -0.450 e. The van der Waals surface area contributed by atoms with E-state index in [-0.39, 0.29) is 0 Å². The van der Waals surface area contributed by atoms with Gasteiger partial charge in [0.05, 0.1) is 17.6 Å². The molecule has 0 unspecified atom stereocenters. The second-order valence-electron chi connectivity index (χ2n) is 8.52.